The van der Waals surface area contributed by atoms with E-state index in [1.165, 1.54) is 24.0 Å². The lowest BCUT2D eigenvalue weighted by atomic mass is 10.0. The fraction of sp³-hybridized carbons (Fsp3) is 0.471. The second-order valence-corrected chi connectivity index (χ2v) is 12.1. The van der Waals surface area contributed by atoms with Crippen molar-refractivity contribution >= 4 is 35.5 Å². The number of benzene rings is 2. The Hall–Kier alpha value is -5.02. The van der Waals surface area contributed by atoms with Crippen molar-refractivity contribution in [2.24, 2.45) is 11.5 Å². The number of aromatic hydroxyl groups is 1. The van der Waals surface area contributed by atoms with Gasteiger partial charge in [-0.2, -0.15) is 0 Å². The summed E-state index contributed by atoms with van der Waals surface area (Å²) in [7, 11) is 0. The number of unbranched alkanes of at least 4 members (excludes halogenated alkanes) is 1. The quantitative estimate of drug-likeness (QED) is 0.0920. The Bertz CT molecular complexity index is 1440. The Morgan fingerprint density at radius 1 is 0.857 bits per heavy atom. The molecule has 15 nitrogen and oxygen atoms in total. The van der Waals surface area contributed by atoms with E-state index in [4.69, 9.17) is 11.5 Å². The van der Waals surface area contributed by atoms with E-state index < -0.39 is 72.3 Å². The van der Waals surface area contributed by atoms with Crippen molar-refractivity contribution < 1.29 is 39.0 Å². The van der Waals surface area contributed by atoms with Gasteiger partial charge in [0.1, 0.15) is 29.9 Å². The van der Waals surface area contributed by atoms with Crippen molar-refractivity contribution in [3.8, 4) is 5.75 Å². The van der Waals surface area contributed by atoms with Crippen LogP contribution in [-0.2, 0) is 41.6 Å². The second-order valence-electron chi connectivity index (χ2n) is 12.1. The van der Waals surface area contributed by atoms with Gasteiger partial charge in [-0.25, -0.2) is 4.79 Å². The average Bonchev–Trinajstić information content (AvgIpc) is 3.57. The van der Waals surface area contributed by atoms with Gasteiger partial charge in [0.05, 0.1) is 12.6 Å². The van der Waals surface area contributed by atoms with Crippen molar-refractivity contribution in [2.45, 2.75) is 82.1 Å². The zero-order valence-corrected chi connectivity index (χ0v) is 27.6. The summed E-state index contributed by atoms with van der Waals surface area (Å²) in [6, 6.07) is 9.83. The van der Waals surface area contributed by atoms with E-state index in [0.29, 0.717) is 43.4 Å². The van der Waals surface area contributed by atoms with Crippen LogP contribution in [0.2, 0.25) is 0 Å². The van der Waals surface area contributed by atoms with Crippen LogP contribution >= 0.6 is 0 Å². The minimum Gasteiger partial charge on any atom is -0.508 e. The number of likely N-dealkylation sites (tertiary alicyclic amines) is 1. The maximum Gasteiger partial charge on any atom is 0.326 e. The molecule has 15 heteroatoms. The maximum atomic E-state index is 13.7. The molecule has 5 atom stereocenters. The highest BCUT2D eigenvalue weighted by Crippen LogP contribution is 2.20. The van der Waals surface area contributed by atoms with E-state index in [2.05, 4.69) is 21.3 Å². The lowest BCUT2D eigenvalue weighted by molar-refractivity contribution is -0.142. The van der Waals surface area contributed by atoms with Gasteiger partial charge in [0.2, 0.25) is 29.5 Å². The number of aliphatic carboxylic acids is 1. The van der Waals surface area contributed by atoms with E-state index >= 15 is 0 Å². The molecule has 0 radical (unpaired) electrons. The smallest absolute Gasteiger partial charge is 0.326 e. The van der Waals surface area contributed by atoms with Crippen molar-refractivity contribution in [2.75, 3.05) is 19.6 Å². The Kier molecular flexibility index (Phi) is 15.0. The molecule has 0 spiro atoms. The van der Waals surface area contributed by atoms with Gasteiger partial charge in [-0.1, -0.05) is 42.5 Å². The molecule has 49 heavy (non-hydrogen) atoms. The number of rotatable bonds is 18. The summed E-state index contributed by atoms with van der Waals surface area (Å²) < 4.78 is 0. The molecule has 1 aliphatic rings. The van der Waals surface area contributed by atoms with E-state index in [0.717, 1.165) is 0 Å². The minimum atomic E-state index is -1.23. The number of carboxylic acid groups (broad SMARTS) is 1. The molecule has 1 fully saturated rings. The van der Waals surface area contributed by atoms with Gasteiger partial charge in [-0.05, 0) is 68.8 Å². The van der Waals surface area contributed by atoms with Gasteiger partial charge in [0.15, 0.2) is 0 Å². The van der Waals surface area contributed by atoms with E-state index in [1.807, 2.05) is 0 Å². The molecule has 5 amide bonds. The van der Waals surface area contributed by atoms with E-state index in [1.54, 1.807) is 42.5 Å². The number of carboxylic acids is 1. The topological polar surface area (TPSA) is 246 Å². The fourth-order valence-electron chi connectivity index (χ4n) is 5.49. The molecule has 3 rings (SSSR count). The van der Waals surface area contributed by atoms with Gasteiger partial charge >= 0.3 is 5.97 Å². The van der Waals surface area contributed by atoms with Crippen LogP contribution < -0.4 is 32.7 Å². The number of nitrogens with zero attached hydrogens (tertiary/aromatic N) is 1. The van der Waals surface area contributed by atoms with E-state index in [-0.39, 0.29) is 31.6 Å². The van der Waals surface area contributed by atoms with Crippen LogP contribution in [-0.4, -0.2) is 100 Å². The van der Waals surface area contributed by atoms with Crippen molar-refractivity contribution in [1.82, 2.24) is 26.2 Å². The number of phenolic OH excluding ortho intramolecular Hbond substituents is 1. The molecule has 0 saturated carbocycles. The number of phenols is 1. The molecule has 266 valence electrons. The van der Waals surface area contributed by atoms with E-state index in [9.17, 15) is 39.0 Å². The summed E-state index contributed by atoms with van der Waals surface area (Å²) in [5, 5.41) is 29.6. The molecule has 10 N–H and O–H groups in total. The zero-order valence-electron chi connectivity index (χ0n) is 27.6. The SMILES string of the molecule is C[C@H](N)C(=O)N[C@H](Cc1ccc(O)cc1)C(=O)N1CCC[C@@H]1C(=O)NCC(=O)N[C@@H](CCCCN)C(=O)N[C@@H](Cc1ccccc1)C(=O)O. The molecular formula is C34H47N7O8. The Morgan fingerprint density at radius 3 is 2.12 bits per heavy atom. The van der Waals surface area contributed by atoms with Crippen LogP contribution in [0.1, 0.15) is 50.2 Å². The van der Waals surface area contributed by atoms with Gasteiger partial charge < -0.3 is 47.8 Å². The molecule has 2 aromatic rings. The monoisotopic (exact) mass is 681 g/mol. The first kappa shape index (κ1) is 38.4. The fourth-order valence-corrected chi connectivity index (χ4v) is 5.49. The van der Waals surface area contributed by atoms with Crippen LogP contribution in [0.3, 0.4) is 0 Å². The first-order valence-electron chi connectivity index (χ1n) is 16.4. The van der Waals surface area contributed by atoms with Crippen LogP contribution in [0.15, 0.2) is 54.6 Å². The molecule has 1 heterocycles. The van der Waals surface area contributed by atoms with Crippen LogP contribution in [0.4, 0.5) is 0 Å². The minimum absolute atomic E-state index is 0.0431. The average molecular weight is 682 g/mol. The highest BCUT2D eigenvalue weighted by Gasteiger charge is 2.38. The normalized spacial score (nSPS) is 16.5. The Labute approximate surface area is 285 Å². The van der Waals surface area contributed by atoms with Crippen molar-refractivity contribution in [3.63, 3.8) is 0 Å². The number of hydrogen-bond acceptors (Lipinski definition) is 9. The van der Waals surface area contributed by atoms with Gasteiger partial charge in [0, 0.05) is 19.4 Å². The highest BCUT2D eigenvalue weighted by molar-refractivity contribution is 5.95. The van der Waals surface area contributed by atoms with Crippen LogP contribution in [0.25, 0.3) is 0 Å². The lowest BCUT2D eigenvalue weighted by Crippen LogP contribution is -2.57. The number of amides is 5. The maximum absolute atomic E-state index is 13.7. The largest absolute Gasteiger partial charge is 0.508 e. The predicted molar refractivity (Wildman–Crippen MR) is 180 cm³/mol. The molecule has 2 aromatic carbocycles. The third kappa shape index (κ3) is 12.2. The molecule has 0 aromatic heterocycles. The van der Waals surface area contributed by atoms with Crippen molar-refractivity contribution in [3.05, 3.63) is 65.7 Å². The van der Waals surface area contributed by atoms with Gasteiger partial charge in [-0.15, -0.1) is 0 Å². The first-order valence-corrected chi connectivity index (χ1v) is 16.4. The summed E-state index contributed by atoms with van der Waals surface area (Å²) in [6.07, 6.45) is 2.24. The molecule has 0 aliphatic carbocycles. The Balaban J connectivity index is 1.63. The summed E-state index contributed by atoms with van der Waals surface area (Å²) in [4.78, 5) is 78.8. The lowest BCUT2D eigenvalue weighted by Gasteiger charge is -2.29. The summed E-state index contributed by atoms with van der Waals surface area (Å²) >= 11 is 0. The predicted octanol–water partition coefficient (Wildman–Crippen LogP) is -0.700. The molecule has 0 unspecified atom stereocenters. The molecule has 0 bridgehead atoms. The van der Waals surface area contributed by atoms with Crippen molar-refractivity contribution in [1.29, 1.82) is 0 Å². The number of nitrogens with two attached hydrogens (primary N) is 2. The molecular weight excluding hydrogens is 634 g/mol. The standard InChI is InChI=1S/C34H47N7O8/c1-21(36)30(44)39-26(18-23-12-14-24(42)15-13-23)33(47)41-17-7-11-28(41)32(46)37-20-29(43)38-25(10-5-6-16-35)31(45)40-27(34(48)49)19-22-8-3-2-4-9-22/h2-4,8-9,12-15,21,25-28,42H,5-7,10-11,16-20,35-36H2,1H3,(H,37,46)(H,38,43)(H,39,44)(H,40,45)(H,48,49)/t21-,25-,26+,27-,28+/m0/s1. The summed E-state index contributed by atoms with van der Waals surface area (Å²) in [5.74, 6) is -4.17. The summed E-state index contributed by atoms with van der Waals surface area (Å²) in [5.41, 5.74) is 12.7. The van der Waals surface area contributed by atoms with Crippen LogP contribution in [0, 0.1) is 0 Å². The first-order chi connectivity index (χ1) is 23.4. The third-order valence-corrected chi connectivity index (χ3v) is 8.16. The number of nitrogens with one attached hydrogen (secondary N) is 4. The highest BCUT2D eigenvalue weighted by atomic mass is 16.4. The number of carbonyl (C=O) groups excluding carboxylic acids is 5. The van der Waals surface area contributed by atoms with Crippen LogP contribution in [0.5, 0.6) is 5.75 Å². The third-order valence-electron chi connectivity index (χ3n) is 8.16. The van der Waals surface area contributed by atoms with Gasteiger partial charge in [-0.3, -0.25) is 24.0 Å². The number of carbonyl (C=O) groups is 6. The summed E-state index contributed by atoms with van der Waals surface area (Å²) in [6.45, 7) is 1.60. The zero-order chi connectivity index (χ0) is 35.9. The Morgan fingerprint density at radius 2 is 1.49 bits per heavy atom. The second kappa shape index (κ2) is 19.1. The van der Waals surface area contributed by atoms with Gasteiger partial charge in [0.25, 0.3) is 0 Å². The molecule has 1 aliphatic heterocycles. The molecule has 1 saturated heterocycles. The number of hydrogen-bond donors (Lipinski definition) is 8.